The lowest BCUT2D eigenvalue weighted by Crippen LogP contribution is -2.34. The second-order valence-corrected chi connectivity index (χ2v) is 9.67. The minimum atomic E-state index is -0.344. The number of hydrogen-bond acceptors (Lipinski definition) is 7. The second-order valence-electron chi connectivity index (χ2n) is 9.67. The van der Waals surface area contributed by atoms with E-state index in [1.165, 1.54) is 6.20 Å². The van der Waals surface area contributed by atoms with Crippen molar-refractivity contribution in [2.24, 2.45) is 18.9 Å². The molecule has 10 heteroatoms. The van der Waals surface area contributed by atoms with E-state index in [-0.39, 0.29) is 29.7 Å². The van der Waals surface area contributed by atoms with E-state index in [1.807, 2.05) is 13.8 Å². The van der Waals surface area contributed by atoms with Crippen LogP contribution in [0.1, 0.15) is 49.9 Å². The molecule has 0 unspecified atom stereocenters. The molecule has 2 aliphatic rings. The Morgan fingerprint density at radius 3 is 2.50 bits per heavy atom. The molecule has 0 radical (unpaired) electrons. The van der Waals surface area contributed by atoms with E-state index in [0.29, 0.717) is 41.2 Å². The minimum absolute atomic E-state index is 0.0903. The smallest absolute Gasteiger partial charge is 0.257 e. The zero-order valence-electron chi connectivity index (χ0n) is 20.7. The van der Waals surface area contributed by atoms with Crippen LogP contribution >= 0.6 is 0 Å². The largest absolute Gasteiger partial charge is 0.491 e. The third-order valence-electron chi connectivity index (χ3n) is 5.91. The Balaban J connectivity index is 1.34. The van der Waals surface area contributed by atoms with Crippen molar-refractivity contribution in [2.45, 2.75) is 45.6 Å². The highest BCUT2D eigenvalue weighted by Crippen LogP contribution is 2.36. The number of benzene rings is 1. The fraction of sp³-hybridized carbons (Fsp3) is 0.423. The lowest BCUT2D eigenvalue weighted by molar-refractivity contribution is -0.119. The van der Waals surface area contributed by atoms with Crippen LogP contribution in [-0.2, 0) is 11.8 Å². The molecule has 2 amide bonds. The van der Waals surface area contributed by atoms with Gasteiger partial charge in [0.1, 0.15) is 11.5 Å². The second kappa shape index (κ2) is 9.96. The van der Waals surface area contributed by atoms with Crippen LogP contribution in [0.3, 0.4) is 0 Å². The first-order chi connectivity index (χ1) is 17.3. The average Bonchev–Trinajstić information content (AvgIpc) is 3.77. The molecule has 0 spiro atoms. The Morgan fingerprint density at radius 2 is 1.89 bits per heavy atom. The first-order valence-electron chi connectivity index (χ1n) is 12.3. The van der Waals surface area contributed by atoms with Crippen LogP contribution in [0.2, 0.25) is 0 Å². The van der Waals surface area contributed by atoms with Gasteiger partial charge in [-0.25, -0.2) is 9.97 Å². The molecule has 3 aromatic rings. The van der Waals surface area contributed by atoms with E-state index >= 15 is 0 Å². The maximum Gasteiger partial charge on any atom is 0.257 e. The van der Waals surface area contributed by atoms with Gasteiger partial charge in [0, 0.05) is 43.4 Å². The van der Waals surface area contributed by atoms with Crippen molar-refractivity contribution >= 4 is 23.5 Å². The molecule has 1 aromatic carbocycles. The molecule has 2 aliphatic carbocycles. The number of amides is 2. The number of rotatable bonds is 10. The van der Waals surface area contributed by atoms with Crippen LogP contribution in [0.15, 0.2) is 42.9 Å². The van der Waals surface area contributed by atoms with Gasteiger partial charge in [-0.15, -0.1) is 0 Å². The van der Waals surface area contributed by atoms with Crippen molar-refractivity contribution < 1.29 is 19.1 Å². The first kappa shape index (κ1) is 23.8. The molecule has 2 heterocycles. The molecule has 2 fully saturated rings. The lowest BCUT2D eigenvalue weighted by atomic mass is 10.2. The van der Waals surface area contributed by atoms with Gasteiger partial charge in [0.05, 0.1) is 18.5 Å². The molecule has 5 rings (SSSR count). The SMILES string of the molecule is CC(C)Oc1cc(Oc2cnc(N(CC3CC3)C(=O)C3CC3)cn2)cc(C(=O)Nc2ccn(C)n2)c1. The highest BCUT2D eigenvalue weighted by atomic mass is 16.5. The van der Waals surface area contributed by atoms with Gasteiger partial charge in [-0.1, -0.05) is 0 Å². The number of nitrogens with zero attached hydrogens (tertiary/aromatic N) is 5. The first-order valence-corrected chi connectivity index (χ1v) is 12.3. The topological polar surface area (TPSA) is 111 Å². The number of carbonyl (C=O) groups excluding carboxylic acids is 2. The molecule has 36 heavy (non-hydrogen) atoms. The van der Waals surface area contributed by atoms with Gasteiger partial charge in [-0.3, -0.25) is 19.2 Å². The summed E-state index contributed by atoms with van der Waals surface area (Å²) in [7, 11) is 1.78. The summed E-state index contributed by atoms with van der Waals surface area (Å²) in [5.74, 6) is 2.55. The lowest BCUT2D eigenvalue weighted by Gasteiger charge is -2.21. The van der Waals surface area contributed by atoms with Crippen LogP contribution in [0, 0.1) is 11.8 Å². The summed E-state index contributed by atoms with van der Waals surface area (Å²) in [4.78, 5) is 36.3. The van der Waals surface area contributed by atoms with E-state index in [2.05, 4.69) is 20.4 Å². The van der Waals surface area contributed by atoms with E-state index < -0.39 is 0 Å². The molecule has 0 saturated heterocycles. The van der Waals surface area contributed by atoms with Crippen molar-refractivity contribution in [3.05, 3.63) is 48.4 Å². The van der Waals surface area contributed by atoms with Gasteiger partial charge in [0.15, 0.2) is 11.6 Å². The summed E-state index contributed by atoms with van der Waals surface area (Å²) >= 11 is 0. The van der Waals surface area contributed by atoms with E-state index in [4.69, 9.17) is 9.47 Å². The fourth-order valence-corrected chi connectivity index (χ4v) is 3.80. The molecule has 2 aromatic heterocycles. The van der Waals surface area contributed by atoms with Crippen molar-refractivity contribution in [3.8, 4) is 17.4 Å². The van der Waals surface area contributed by atoms with Crippen molar-refractivity contribution in [1.82, 2.24) is 19.7 Å². The predicted molar refractivity (Wildman–Crippen MR) is 133 cm³/mol. The zero-order chi connectivity index (χ0) is 25.2. The summed E-state index contributed by atoms with van der Waals surface area (Å²) in [6, 6.07) is 6.67. The van der Waals surface area contributed by atoms with Gasteiger partial charge < -0.3 is 14.8 Å². The van der Waals surface area contributed by atoms with Gasteiger partial charge in [-0.2, -0.15) is 5.10 Å². The molecule has 1 N–H and O–H groups in total. The zero-order valence-corrected chi connectivity index (χ0v) is 20.7. The number of hydrogen-bond donors (Lipinski definition) is 1. The monoisotopic (exact) mass is 490 g/mol. The number of anilines is 2. The Bertz CT molecular complexity index is 1250. The van der Waals surface area contributed by atoms with Crippen molar-refractivity contribution in [1.29, 1.82) is 0 Å². The average molecular weight is 491 g/mol. The normalized spacial score (nSPS) is 15.0. The van der Waals surface area contributed by atoms with Gasteiger partial charge in [0.25, 0.3) is 5.91 Å². The Kier molecular flexibility index (Phi) is 6.58. The van der Waals surface area contributed by atoms with E-state index in [0.717, 1.165) is 25.7 Å². The van der Waals surface area contributed by atoms with Gasteiger partial charge in [0.2, 0.25) is 11.8 Å². The molecule has 0 bridgehead atoms. The fourth-order valence-electron chi connectivity index (χ4n) is 3.80. The van der Waals surface area contributed by atoms with Gasteiger partial charge >= 0.3 is 0 Å². The minimum Gasteiger partial charge on any atom is -0.491 e. The quantitative estimate of drug-likeness (QED) is 0.453. The van der Waals surface area contributed by atoms with Crippen molar-refractivity contribution in [2.75, 3.05) is 16.8 Å². The molecule has 0 atom stereocenters. The van der Waals surface area contributed by atoms with Crippen molar-refractivity contribution in [3.63, 3.8) is 0 Å². The summed E-state index contributed by atoms with van der Waals surface area (Å²) in [5, 5.41) is 6.95. The molecule has 188 valence electrons. The number of nitrogens with one attached hydrogen (secondary N) is 1. The van der Waals surface area contributed by atoms with E-state index in [1.54, 1.807) is 53.3 Å². The predicted octanol–water partition coefficient (Wildman–Crippen LogP) is 4.19. The van der Waals surface area contributed by atoms with E-state index in [9.17, 15) is 9.59 Å². The van der Waals surface area contributed by atoms with Crippen LogP contribution in [-0.4, -0.2) is 44.2 Å². The summed E-state index contributed by atoms with van der Waals surface area (Å²) in [5.41, 5.74) is 0.351. The maximum absolute atomic E-state index is 12.9. The third kappa shape index (κ3) is 5.99. The number of ether oxygens (including phenoxy) is 2. The molecule has 0 aliphatic heterocycles. The van der Waals surface area contributed by atoms with Crippen LogP contribution in [0.5, 0.6) is 17.4 Å². The number of aryl methyl sites for hydroxylation is 1. The Hall–Kier alpha value is -3.95. The summed E-state index contributed by atoms with van der Waals surface area (Å²) in [6.45, 7) is 4.50. The highest BCUT2D eigenvalue weighted by Gasteiger charge is 2.37. The highest BCUT2D eigenvalue weighted by molar-refractivity contribution is 6.04. The third-order valence-corrected chi connectivity index (χ3v) is 5.91. The number of aromatic nitrogens is 4. The molecule has 10 nitrogen and oxygen atoms in total. The molecule has 2 saturated carbocycles. The van der Waals surface area contributed by atoms with Crippen LogP contribution in [0.25, 0.3) is 0 Å². The Morgan fingerprint density at radius 1 is 1.11 bits per heavy atom. The standard InChI is InChI=1S/C26H30N6O4/c1-16(2)35-20-10-19(25(33)29-22-8-9-31(3)30-22)11-21(12-20)36-24-14-27-23(13-28-24)32(15-17-4-5-17)26(34)18-6-7-18/h8-14,16-18H,4-7,15H2,1-3H3,(H,29,30,33). The van der Waals surface area contributed by atoms with Gasteiger partial charge in [-0.05, 0) is 57.6 Å². The maximum atomic E-state index is 12.9. The summed E-state index contributed by atoms with van der Waals surface area (Å²) in [6.07, 6.45) is 8.91. The molecular weight excluding hydrogens is 460 g/mol. The molecular formula is C26H30N6O4. The van der Waals surface area contributed by atoms with Crippen LogP contribution < -0.4 is 19.7 Å². The van der Waals surface area contributed by atoms with Crippen LogP contribution in [0.4, 0.5) is 11.6 Å². The number of carbonyl (C=O) groups is 2. The summed E-state index contributed by atoms with van der Waals surface area (Å²) < 4.78 is 13.4. The Labute approximate surface area is 209 Å².